The summed E-state index contributed by atoms with van der Waals surface area (Å²) in [7, 11) is 0. The van der Waals surface area contributed by atoms with Gasteiger partial charge in [0, 0.05) is 20.2 Å². The van der Waals surface area contributed by atoms with Gasteiger partial charge in [-0.25, -0.2) is 9.37 Å². The molecule has 1 heterocycles. The Morgan fingerprint density at radius 3 is 2.40 bits per heavy atom. The van der Waals surface area contributed by atoms with Gasteiger partial charge in [-0.15, -0.1) is 11.3 Å². The lowest BCUT2D eigenvalue weighted by Gasteiger charge is -2.01. The van der Waals surface area contributed by atoms with E-state index in [4.69, 9.17) is 0 Å². The van der Waals surface area contributed by atoms with Crippen LogP contribution in [0.15, 0.2) is 53.9 Å². The van der Waals surface area contributed by atoms with Gasteiger partial charge in [0.25, 0.3) is 0 Å². The molecule has 0 aliphatic heterocycles. The summed E-state index contributed by atoms with van der Waals surface area (Å²) in [6.07, 6.45) is 0. The van der Waals surface area contributed by atoms with Gasteiger partial charge in [-0.05, 0) is 59.0 Å². The molecule has 0 saturated carbocycles. The Kier molecular flexibility index (Phi) is 3.98. The highest BCUT2D eigenvalue weighted by atomic mass is 127. The van der Waals surface area contributed by atoms with Gasteiger partial charge in [-0.1, -0.05) is 12.1 Å². The number of thiazole rings is 1. The van der Waals surface area contributed by atoms with Crippen LogP contribution >= 0.6 is 33.9 Å². The Labute approximate surface area is 133 Å². The molecule has 5 heteroatoms. The third-order valence-electron chi connectivity index (χ3n) is 2.74. The normalized spacial score (nSPS) is 10.5. The third-order valence-corrected chi connectivity index (χ3v) is 4.22. The van der Waals surface area contributed by atoms with E-state index < -0.39 is 0 Å². The fourth-order valence-electron chi connectivity index (χ4n) is 1.74. The van der Waals surface area contributed by atoms with Gasteiger partial charge in [-0.2, -0.15) is 0 Å². The van der Waals surface area contributed by atoms with Gasteiger partial charge in [0.05, 0.1) is 5.69 Å². The van der Waals surface area contributed by atoms with Gasteiger partial charge in [0.2, 0.25) is 0 Å². The van der Waals surface area contributed by atoms with Crippen molar-refractivity contribution in [3.8, 4) is 11.3 Å². The van der Waals surface area contributed by atoms with Crippen molar-refractivity contribution in [2.24, 2.45) is 0 Å². The fraction of sp³-hybridized carbons (Fsp3) is 0. The Bertz CT molecular complexity index is 707. The molecule has 2 aromatic carbocycles. The standard InChI is InChI=1S/C15H10FIN2S/c16-11-3-7-13(8-4-11)18-15-19-14(9-20-15)10-1-5-12(17)6-2-10/h1-9H,(H,18,19). The Balaban J connectivity index is 1.80. The molecule has 0 saturated heterocycles. The molecule has 0 radical (unpaired) electrons. The van der Waals surface area contributed by atoms with Crippen LogP contribution in [0.4, 0.5) is 15.2 Å². The fourth-order valence-corrected chi connectivity index (χ4v) is 2.84. The number of hydrogen-bond acceptors (Lipinski definition) is 3. The van der Waals surface area contributed by atoms with Gasteiger partial charge in [0.15, 0.2) is 5.13 Å². The van der Waals surface area contributed by atoms with Crippen LogP contribution in [0.3, 0.4) is 0 Å². The lowest BCUT2D eigenvalue weighted by atomic mass is 10.2. The monoisotopic (exact) mass is 396 g/mol. The number of hydrogen-bond donors (Lipinski definition) is 1. The van der Waals surface area contributed by atoms with Crippen molar-refractivity contribution in [3.05, 3.63) is 63.3 Å². The largest absolute Gasteiger partial charge is 0.332 e. The molecule has 1 aromatic heterocycles. The van der Waals surface area contributed by atoms with E-state index in [1.165, 1.54) is 27.0 Å². The Hall–Kier alpha value is -1.47. The van der Waals surface area contributed by atoms with Crippen molar-refractivity contribution in [1.82, 2.24) is 4.98 Å². The summed E-state index contributed by atoms with van der Waals surface area (Å²) in [5.74, 6) is -0.241. The molecule has 0 spiro atoms. The highest BCUT2D eigenvalue weighted by molar-refractivity contribution is 14.1. The predicted molar refractivity (Wildman–Crippen MR) is 89.9 cm³/mol. The summed E-state index contributed by atoms with van der Waals surface area (Å²) >= 11 is 3.81. The van der Waals surface area contributed by atoms with Crippen molar-refractivity contribution >= 4 is 44.7 Å². The predicted octanol–water partition coefficient (Wildman–Crippen LogP) is 5.30. The number of halogens is 2. The van der Waals surface area contributed by atoms with Crippen molar-refractivity contribution in [2.45, 2.75) is 0 Å². The molecule has 0 bridgehead atoms. The number of nitrogens with zero attached hydrogens (tertiary/aromatic N) is 1. The lowest BCUT2D eigenvalue weighted by molar-refractivity contribution is 0.628. The van der Waals surface area contributed by atoms with Crippen molar-refractivity contribution in [1.29, 1.82) is 0 Å². The molecule has 20 heavy (non-hydrogen) atoms. The van der Waals surface area contributed by atoms with Crippen LogP contribution in [0, 0.1) is 9.39 Å². The summed E-state index contributed by atoms with van der Waals surface area (Å²) in [5, 5.41) is 5.98. The second-order valence-electron chi connectivity index (χ2n) is 4.18. The van der Waals surface area contributed by atoms with Crippen LogP contribution in [-0.4, -0.2) is 4.98 Å². The van der Waals surface area contributed by atoms with Crippen LogP contribution in [0.5, 0.6) is 0 Å². The molecule has 0 amide bonds. The van der Waals surface area contributed by atoms with E-state index in [0.717, 1.165) is 22.1 Å². The van der Waals surface area contributed by atoms with E-state index in [1.54, 1.807) is 12.1 Å². The van der Waals surface area contributed by atoms with Crippen LogP contribution in [-0.2, 0) is 0 Å². The first-order chi connectivity index (χ1) is 9.70. The first-order valence-corrected chi connectivity index (χ1v) is 7.90. The quantitative estimate of drug-likeness (QED) is 0.608. The second-order valence-corrected chi connectivity index (χ2v) is 6.28. The van der Waals surface area contributed by atoms with E-state index in [9.17, 15) is 4.39 Å². The lowest BCUT2D eigenvalue weighted by Crippen LogP contribution is -1.89. The molecule has 0 atom stereocenters. The first-order valence-electron chi connectivity index (χ1n) is 5.95. The third kappa shape index (κ3) is 3.16. The second kappa shape index (κ2) is 5.88. The van der Waals surface area contributed by atoms with E-state index in [1.807, 2.05) is 5.38 Å². The molecular weight excluding hydrogens is 386 g/mol. The minimum atomic E-state index is -0.241. The van der Waals surface area contributed by atoms with Crippen molar-refractivity contribution < 1.29 is 4.39 Å². The van der Waals surface area contributed by atoms with Gasteiger partial charge in [-0.3, -0.25) is 0 Å². The summed E-state index contributed by atoms with van der Waals surface area (Å²) < 4.78 is 14.0. The molecule has 3 aromatic rings. The van der Waals surface area contributed by atoms with Crippen LogP contribution in [0.1, 0.15) is 0 Å². The highest BCUT2D eigenvalue weighted by Crippen LogP contribution is 2.27. The smallest absolute Gasteiger partial charge is 0.187 e. The zero-order chi connectivity index (χ0) is 13.9. The van der Waals surface area contributed by atoms with E-state index in [-0.39, 0.29) is 5.82 Å². The van der Waals surface area contributed by atoms with Gasteiger partial charge in [0.1, 0.15) is 5.82 Å². The molecule has 1 N–H and O–H groups in total. The molecule has 0 aliphatic carbocycles. The summed E-state index contributed by atoms with van der Waals surface area (Å²) in [6, 6.07) is 14.5. The van der Waals surface area contributed by atoms with E-state index >= 15 is 0 Å². The van der Waals surface area contributed by atoms with Crippen molar-refractivity contribution in [3.63, 3.8) is 0 Å². The number of aromatic nitrogens is 1. The number of anilines is 2. The Morgan fingerprint density at radius 1 is 1.00 bits per heavy atom. The van der Waals surface area contributed by atoms with Crippen LogP contribution in [0.2, 0.25) is 0 Å². The van der Waals surface area contributed by atoms with Crippen LogP contribution < -0.4 is 5.32 Å². The number of nitrogens with one attached hydrogen (secondary N) is 1. The average Bonchev–Trinajstić information content (AvgIpc) is 2.91. The topological polar surface area (TPSA) is 24.9 Å². The maximum absolute atomic E-state index is 12.8. The van der Waals surface area contributed by atoms with Gasteiger partial charge >= 0.3 is 0 Å². The summed E-state index contributed by atoms with van der Waals surface area (Å²) in [4.78, 5) is 4.54. The number of benzene rings is 2. The Morgan fingerprint density at radius 2 is 1.70 bits per heavy atom. The maximum Gasteiger partial charge on any atom is 0.187 e. The molecule has 0 fully saturated rings. The maximum atomic E-state index is 12.8. The molecule has 100 valence electrons. The van der Waals surface area contributed by atoms with E-state index in [2.05, 4.69) is 57.2 Å². The SMILES string of the molecule is Fc1ccc(Nc2nc(-c3ccc(I)cc3)cs2)cc1. The highest BCUT2D eigenvalue weighted by Gasteiger charge is 2.05. The summed E-state index contributed by atoms with van der Waals surface area (Å²) in [5.41, 5.74) is 2.86. The van der Waals surface area contributed by atoms with E-state index in [0.29, 0.717) is 0 Å². The summed E-state index contributed by atoms with van der Waals surface area (Å²) in [6.45, 7) is 0. The molecular formula is C15H10FIN2S. The van der Waals surface area contributed by atoms with Crippen molar-refractivity contribution in [2.75, 3.05) is 5.32 Å². The molecule has 0 aliphatic rings. The minimum absolute atomic E-state index is 0.241. The molecule has 2 nitrogen and oxygen atoms in total. The average molecular weight is 396 g/mol. The zero-order valence-electron chi connectivity index (χ0n) is 10.3. The first kappa shape index (κ1) is 13.5. The zero-order valence-corrected chi connectivity index (χ0v) is 13.3. The van der Waals surface area contributed by atoms with Crippen LogP contribution in [0.25, 0.3) is 11.3 Å². The minimum Gasteiger partial charge on any atom is -0.332 e. The molecule has 3 rings (SSSR count). The van der Waals surface area contributed by atoms with Gasteiger partial charge < -0.3 is 5.32 Å². The molecule has 0 unspecified atom stereocenters. The number of rotatable bonds is 3.